The quantitative estimate of drug-likeness (QED) is 0.874. The second-order valence-electron chi connectivity index (χ2n) is 7.10. The number of para-hydroxylation sites is 1. The summed E-state index contributed by atoms with van der Waals surface area (Å²) < 4.78 is 5.42. The monoisotopic (exact) mass is 336 g/mol. The van der Waals surface area contributed by atoms with E-state index in [0.29, 0.717) is 6.54 Å². The fraction of sp³-hybridized carbons (Fsp3) is 0.611. The van der Waals surface area contributed by atoms with Gasteiger partial charge >= 0.3 is 6.09 Å². The lowest BCUT2D eigenvalue weighted by molar-refractivity contribution is 0.0285. The van der Waals surface area contributed by atoms with E-state index in [0.717, 1.165) is 23.7 Å². The van der Waals surface area contributed by atoms with Gasteiger partial charge in [0.1, 0.15) is 5.60 Å². The Morgan fingerprint density at radius 1 is 1.39 bits per heavy atom. The van der Waals surface area contributed by atoms with Crippen molar-refractivity contribution in [2.45, 2.75) is 39.3 Å². The van der Waals surface area contributed by atoms with Crippen LogP contribution in [0.25, 0.3) is 0 Å². The van der Waals surface area contributed by atoms with E-state index in [4.69, 9.17) is 4.74 Å². The van der Waals surface area contributed by atoms with Crippen molar-refractivity contribution in [1.29, 1.82) is 0 Å². The number of carbonyl (C=O) groups excluding carboxylic acids is 1. The van der Waals surface area contributed by atoms with Crippen LogP contribution in [0.4, 0.5) is 10.5 Å². The zero-order valence-corrected chi connectivity index (χ0v) is 15.4. The lowest BCUT2D eigenvalue weighted by Crippen LogP contribution is -2.34. The molecule has 2 rings (SSSR count). The number of hydrogen-bond acceptors (Lipinski definition) is 4. The van der Waals surface area contributed by atoms with Gasteiger partial charge in [0.15, 0.2) is 0 Å². The first-order valence-electron chi connectivity index (χ1n) is 8.19. The molecule has 1 N–H and O–H groups in total. The topological polar surface area (TPSA) is 41.6 Å². The van der Waals surface area contributed by atoms with E-state index in [2.05, 4.69) is 17.4 Å². The molecule has 0 aromatic heterocycles. The van der Waals surface area contributed by atoms with Gasteiger partial charge in [0.25, 0.3) is 0 Å². The molecule has 0 radical (unpaired) electrons. The summed E-state index contributed by atoms with van der Waals surface area (Å²) >= 11 is 2.03. The lowest BCUT2D eigenvalue weighted by Gasteiger charge is -2.25. The van der Waals surface area contributed by atoms with Gasteiger partial charge in [0, 0.05) is 19.3 Å². The molecule has 0 spiro atoms. The zero-order chi connectivity index (χ0) is 16.9. The van der Waals surface area contributed by atoms with Crippen LogP contribution in [0.5, 0.6) is 0 Å². The molecule has 1 fully saturated rings. The van der Waals surface area contributed by atoms with Crippen LogP contribution in [0.2, 0.25) is 0 Å². The van der Waals surface area contributed by atoms with Crippen molar-refractivity contribution in [3.8, 4) is 0 Å². The first-order chi connectivity index (χ1) is 10.8. The molecular weight excluding hydrogens is 308 g/mol. The van der Waals surface area contributed by atoms with Crippen LogP contribution in [0, 0.1) is 5.92 Å². The van der Waals surface area contributed by atoms with Crippen molar-refractivity contribution < 1.29 is 9.53 Å². The van der Waals surface area contributed by atoms with Crippen molar-refractivity contribution in [1.82, 2.24) is 4.90 Å². The van der Waals surface area contributed by atoms with Gasteiger partial charge in [-0.25, -0.2) is 4.79 Å². The van der Waals surface area contributed by atoms with Gasteiger partial charge in [-0.3, -0.25) is 0 Å². The molecule has 1 saturated heterocycles. The summed E-state index contributed by atoms with van der Waals surface area (Å²) in [5.41, 5.74) is 1.76. The number of rotatable bonds is 5. The minimum absolute atomic E-state index is 0.292. The molecule has 1 unspecified atom stereocenters. The summed E-state index contributed by atoms with van der Waals surface area (Å²) in [4.78, 5) is 13.7. The van der Waals surface area contributed by atoms with Gasteiger partial charge < -0.3 is 15.0 Å². The molecule has 23 heavy (non-hydrogen) atoms. The lowest BCUT2D eigenvalue weighted by atomic mass is 10.1. The first kappa shape index (κ1) is 18.0. The van der Waals surface area contributed by atoms with Crippen LogP contribution in [0.1, 0.15) is 32.8 Å². The number of nitrogens with zero attached hydrogens (tertiary/aromatic N) is 1. The number of carbonyl (C=O) groups is 1. The van der Waals surface area contributed by atoms with E-state index in [9.17, 15) is 4.79 Å². The van der Waals surface area contributed by atoms with Gasteiger partial charge in [-0.15, -0.1) is 0 Å². The molecule has 128 valence electrons. The second-order valence-corrected chi connectivity index (χ2v) is 8.25. The predicted molar refractivity (Wildman–Crippen MR) is 98.1 cm³/mol. The van der Waals surface area contributed by atoms with Crippen LogP contribution in [0.3, 0.4) is 0 Å². The number of ether oxygens (including phenoxy) is 1. The molecule has 0 bridgehead atoms. The Labute approximate surface area is 144 Å². The summed E-state index contributed by atoms with van der Waals surface area (Å²) in [6.45, 7) is 7.19. The third-order valence-corrected chi connectivity index (χ3v) is 4.97. The average Bonchev–Trinajstić information content (AvgIpc) is 2.98. The molecule has 5 heteroatoms. The summed E-state index contributed by atoms with van der Waals surface area (Å²) in [5, 5.41) is 3.56. The van der Waals surface area contributed by atoms with Gasteiger partial charge in [-0.2, -0.15) is 11.8 Å². The molecule has 0 aliphatic carbocycles. The minimum atomic E-state index is -0.469. The van der Waals surface area contributed by atoms with Crippen LogP contribution in [-0.4, -0.2) is 41.7 Å². The maximum Gasteiger partial charge on any atom is 0.410 e. The Kier molecular flexibility index (Phi) is 6.22. The summed E-state index contributed by atoms with van der Waals surface area (Å²) in [7, 11) is 1.78. The maximum atomic E-state index is 12.1. The molecule has 1 aliphatic heterocycles. The van der Waals surface area contributed by atoms with Crippen molar-refractivity contribution in [3.05, 3.63) is 29.8 Å². The van der Waals surface area contributed by atoms with E-state index in [1.165, 1.54) is 17.9 Å². The number of anilines is 1. The Bertz CT molecular complexity index is 522. The molecular formula is C18H28N2O2S. The second kappa shape index (κ2) is 7.95. The molecule has 1 atom stereocenters. The van der Waals surface area contributed by atoms with Crippen molar-refractivity contribution in [2.75, 3.05) is 30.4 Å². The van der Waals surface area contributed by atoms with Crippen LogP contribution in [-0.2, 0) is 11.3 Å². The van der Waals surface area contributed by atoms with E-state index >= 15 is 0 Å². The van der Waals surface area contributed by atoms with Gasteiger partial charge in [0.2, 0.25) is 0 Å². The van der Waals surface area contributed by atoms with E-state index < -0.39 is 5.60 Å². The standard InChI is InChI=1S/C18H28N2O2S/c1-18(2,3)22-17(21)20(4)12-15-7-5-6-8-16(15)19-11-14-9-10-23-13-14/h5-8,14,19H,9-13H2,1-4H3. The van der Waals surface area contributed by atoms with E-state index in [-0.39, 0.29) is 6.09 Å². The Hall–Kier alpha value is -1.36. The van der Waals surface area contributed by atoms with Crippen LogP contribution in [0.15, 0.2) is 24.3 Å². The number of amides is 1. The first-order valence-corrected chi connectivity index (χ1v) is 9.34. The third-order valence-electron chi connectivity index (χ3n) is 3.74. The van der Waals surface area contributed by atoms with Gasteiger partial charge in [-0.05, 0) is 56.2 Å². The number of thioether (sulfide) groups is 1. The van der Waals surface area contributed by atoms with Crippen molar-refractivity contribution in [3.63, 3.8) is 0 Å². The fourth-order valence-electron chi connectivity index (χ4n) is 2.49. The predicted octanol–water partition coefficient (Wildman–Crippen LogP) is 4.22. The number of hydrogen-bond donors (Lipinski definition) is 1. The maximum absolute atomic E-state index is 12.1. The third kappa shape index (κ3) is 5.98. The Morgan fingerprint density at radius 2 is 2.13 bits per heavy atom. The van der Waals surface area contributed by atoms with Crippen molar-refractivity contribution in [2.24, 2.45) is 5.92 Å². The van der Waals surface area contributed by atoms with Crippen molar-refractivity contribution >= 4 is 23.5 Å². The molecule has 4 nitrogen and oxygen atoms in total. The highest BCUT2D eigenvalue weighted by Gasteiger charge is 2.20. The highest BCUT2D eigenvalue weighted by atomic mass is 32.2. The number of nitrogens with one attached hydrogen (secondary N) is 1. The molecule has 1 aromatic carbocycles. The SMILES string of the molecule is CN(Cc1ccccc1NCC1CCSC1)C(=O)OC(C)(C)C. The molecule has 1 aromatic rings. The largest absolute Gasteiger partial charge is 0.444 e. The Morgan fingerprint density at radius 3 is 2.78 bits per heavy atom. The van der Waals surface area contributed by atoms with Crippen LogP contribution >= 0.6 is 11.8 Å². The zero-order valence-electron chi connectivity index (χ0n) is 14.6. The van der Waals surface area contributed by atoms with Gasteiger partial charge in [0.05, 0.1) is 6.54 Å². The normalized spacial score (nSPS) is 17.8. The summed E-state index contributed by atoms with van der Waals surface area (Å²) in [5.74, 6) is 3.26. The molecule has 1 heterocycles. The van der Waals surface area contributed by atoms with E-state index in [1.807, 2.05) is 44.7 Å². The molecule has 0 saturated carbocycles. The molecule has 1 aliphatic rings. The average molecular weight is 337 g/mol. The van der Waals surface area contributed by atoms with Crippen LogP contribution < -0.4 is 5.32 Å². The summed E-state index contributed by atoms with van der Waals surface area (Å²) in [6, 6.07) is 8.19. The Balaban J connectivity index is 1.94. The minimum Gasteiger partial charge on any atom is -0.444 e. The summed E-state index contributed by atoms with van der Waals surface area (Å²) in [6.07, 6.45) is 0.997. The molecule has 1 amide bonds. The highest BCUT2D eigenvalue weighted by molar-refractivity contribution is 7.99. The van der Waals surface area contributed by atoms with E-state index in [1.54, 1.807) is 11.9 Å². The van der Waals surface area contributed by atoms with Gasteiger partial charge in [-0.1, -0.05) is 18.2 Å². The smallest absolute Gasteiger partial charge is 0.410 e. The fourth-order valence-corrected chi connectivity index (χ4v) is 3.77. The highest BCUT2D eigenvalue weighted by Crippen LogP contribution is 2.25. The number of benzene rings is 1.